The Morgan fingerprint density at radius 1 is 1.38 bits per heavy atom. The molecule has 0 aliphatic heterocycles. The summed E-state index contributed by atoms with van der Waals surface area (Å²) in [7, 11) is 0. The number of hydrogen-bond acceptors (Lipinski definition) is 3. The number of oxazole rings is 1. The van der Waals surface area contributed by atoms with E-state index < -0.39 is 0 Å². The first-order valence-corrected chi connectivity index (χ1v) is 5.95. The van der Waals surface area contributed by atoms with Crippen molar-refractivity contribution >= 4 is 24.4 Å². The Balaban J connectivity index is 2.46. The molecule has 0 saturated heterocycles. The molecule has 0 amide bonds. The molecule has 0 spiro atoms. The van der Waals surface area contributed by atoms with Crippen molar-refractivity contribution in [3.05, 3.63) is 51.1 Å². The third kappa shape index (κ3) is 2.28. The SMILES string of the molecule is C=c1[nH]c(=Cc2ccc(SC)cc2)c(=O)o1. The molecule has 0 fully saturated rings. The lowest BCUT2D eigenvalue weighted by molar-refractivity contribution is 0.488. The van der Waals surface area contributed by atoms with Crippen LogP contribution in [0.3, 0.4) is 0 Å². The lowest BCUT2D eigenvalue weighted by Crippen LogP contribution is -2.20. The van der Waals surface area contributed by atoms with Crippen LogP contribution >= 0.6 is 11.8 Å². The van der Waals surface area contributed by atoms with Gasteiger partial charge in [0.1, 0.15) is 5.35 Å². The molecule has 0 bridgehead atoms. The number of H-pyrrole nitrogens is 1. The Morgan fingerprint density at radius 3 is 2.56 bits per heavy atom. The standard InChI is InChI=1S/C12H11NO2S/c1-8-13-11(12(14)15-8)7-9-3-5-10(16-2)6-4-9/h3-7,13H,1H2,2H3. The molecule has 2 rings (SSSR count). The van der Waals surface area contributed by atoms with Gasteiger partial charge in [-0.05, 0) is 36.6 Å². The second-order valence-electron chi connectivity index (χ2n) is 3.27. The van der Waals surface area contributed by atoms with E-state index in [1.807, 2.05) is 30.5 Å². The van der Waals surface area contributed by atoms with Crippen LogP contribution in [0, 0.1) is 0 Å². The van der Waals surface area contributed by atoms with E-state index in [9.17, 15) is 4.79 Å². The zero-order valence-corrected chi connectivity index (χ0v) is 9.64. The number of aromatic amines is 1. The molecule has 1 N–H and O–H groups in total. The van der Waals surface area contributed by atoms with Crippen LogP contribution in [0.5, 0.6) is 0 Å². The molecule has 0 aliphatic carbocycles. The van der Waals surface area contributed by atoms with Gasteiger partial charge in [-0.15, -0.1) is 11.8 Å². The highest BCUT2D eigenvalue weighted by Gasteiger charge is 1.95. The molecule has 16 heavy (non-hydrogen) atoms. The highest BCUT2D eigenvalue weighted by atomic mass is 32.2. The number of benzene rings is 1. The average Bonchev–Trinajstić information content (AvgIpc) is 2.59. The fraction of sp³-hybridized carbons (Fsp3) is 0.0833. The monoisotopic (exact) mass is 233 g/mol. The molecule has 0 unspecified atom stereocenters. The van der Waals surface area contributed by atoms with Crippen LogP contribution in [0.1, 0.15) is 5.56 Å². The number of thioether (sulfide) groups is 1. The fourth-order valence-corrected chi connectivity index (χ4v) is 1.76. The van der Waals surface area contributed by atoms with Crippen LogP contribution in [0.25, 0.3) is 12.7 Å². The van der Waals surface area contributed by atoms with Crippen LogP contribution < -0.4 is 16.5 Å². The minimum atomic E-state index is -0.390. The van der Waals surface area contributed by atoms with Gasteiger partial charge in [0.05, 0.1) is 0 Å². The Kier molecular flexibility index (Phi) is 3.01. The first-order valence-electron chi connectivity index (χ1n) is 4.73. The van der Waals surface area contributed by atoms with Crippen molar-refractivity contribution in [1.82, 2.24) is 4.98 Å². The summed E-state index contributed by atoms with van der Waals surface area (Å²) in [5.41, 5.74) is 0.836. The van der Waals surface area contributed by atoms with Crippen LogP contribution in [0.15, 0.2) is 38.4 Å². The van der Waals surface area contributed by atoms with Gasteiger partial charge in [-0.25, -0.2) is 4.79 Å². The van der Waals surface area contributed by atoms with Gasteiger partial charge < -0.3 is 9.40 Å². The summed E-state index contributed by atoms with van der Waals surface area (Å²) in [6.45, 7) is 3.53. The quantitative estimate of drug-likeness (QED) is 0.785. The van der Waals surface area contributed by atoms with Gasteiger partial charge >= 0.3 is 5.63 Å². The predicted molar refractivity (Wildman–Crippen MR) is 65.9 cm³/mol. The van der Waals surface area contributed by atoms with Crippen molar-refractivity contribution in [2.75, 3.05) is 6.26 Å². The highest BCUT2D eigenvalue weighted by Crippen LogP contribution is 2.14. The molecule has 0 aliphatic rings. The maximum absolute atomic E-state index is 11.3. The number of rotatable bonds is 2. The zero-order chi connectivity index (χ0) is 11.5. The summed E-state index contributed by atoms with van der Waals surface area (Å²) in [5, 5.41) is 0.418. The largest absolute Gasteiger partial charge is 0.405 e. The van der Waals surface area contributed by atoms with E-state index in [4.69, 9.17) is 4.42 Å². The van der Waals surface area contributed by atoms with E-state index in [2.05, 4.69) is 11.6 Å². The normalized spacial score (nSPS) is 11.9. The molecule has 2 aromatic rings. The summed E-state index contributed by atoms with van der Waals surface area (Å²) in [6.07, 6.45) is 3.76. The summed E-state index contributed by atoms with van der Waals surface area (Å²) < 4.78 is 4.77. The molecule has 1 aromatic carbocycles. The molecular formula is C12H11NO2S. The maximum Gasteiger partial charge on any atom is 0.361 e. The molecule has 3 nitrogen and oxygen atoms in total. The Labute approximate surface area is 96.5 Å². The van der Waals surface area contributed by atoms with Crippen LogP contribution in [-0.4, -0.2) is 11.2 Å². The topological polar surface area (TPSA) is 46.0 Å². The van der Waals surface area contributed by atoms with Crippen LogP contribution in [0.4, 0.5) is 0 Å². The van der Waals surface area contributed by atoms with Crippen molar-refractivity contribution in [1.29, 1.82) is 0 Å². The lowest BCUT2D eigenvalue weighted by atomic mass is 10.2. The molecule has 0 saturated carbocycles. The fourth-order valence-electron chi connectivity index (χ4n) is 1.36. The Morgan fingerprint density at radius 2 is 2.06 bits per heavy atom. The van der Waals surface area contributed by atoms with E-state index in [0.29, 0.717) is 5.35 Å². The number of hydrogen-bond donors (Lipinski definition) is 1. The van der Waals surface area contributed by atoms with Crippen molar-refractivity contribution in [3.8, 4) is 0 Å². The molecule has 0 radical (unpaired) electrons. The van der Waals surface area contributed by atoms with Crippen molar-refractivity contribution in [2.45, 2.75) is 4.90 Å². The predicted octanol–water partition coefficient (Wildman–Crippen LogP) is 0.929. The molecule has 82 valence electrons. The first kappa shape index (κ1) is 10.8. The van der Waals surface area contributed by atoms with Gasteiger partial charge in [-0.2, -0.15) is 0 Å². The van der Waals surface area contributed by atoms with E-state index in [1.54, 1.807) is 17.8 Å². The van der Waals surface area contributed by atoms with Crippen molar-refractivity contribution in [2.24, 2.45) is 0 Å². The third-order valence-electron chi connectivity index (χ3n) is 2.14. The number of nitrogens with one attached hydrogen (secondary N) is 1. The highest BCUT2D eigenvalue weighted by molar-refractivity contribution is 7.98. The second kappa shape index (κ2) is 4.45. The molecule has 1 heterocycles. The van der Waals surface area contributed by atoms with Gasteiger partial charge in [0.15, 0.2) is 5.55 Å². The van der Waals surface area contributed by atoms with E-state index in [0.717, 1.165) is 5.56 Å². The summed E-state index contributed by atoms with van der Waals surface area (Å²) >= 11 is 1.68. The third-order valence-corrected chi connectivity index (χ3v) is 2.88. The van der Waals surface area contributed by atoms with Crippen LogP contribution in [-0.2, 0) is 0 Å². The van der Waals surface area contributed by atoms with E-state index in [-0.39, 0.29) is 11.2 Å². The second-order valence-corrected chi connectivity index (χ2v) is 4.15. The first-order chi connectivity index (χ1) is 7.69. The van der Waals surface area contributed by atoms with Crippen molar-refractivity contribution in [3.63, 3.8) is 0 Å². The minimum Gasteiger partial charge on any atom is -0.405 e. The zero-order valence-electron chi connectivity index (χ0n) is 8.82. The summed E-state index contributed by atoms with van der Waals surface area (Å²) in [4.78, 5) is 15.3. The smallest absolute Gasteiger partial charge is 0.361 e. The lowest BCUT2D eigenvalue weighted by Gasteiger charge is -1.95. The Hall–Kier alpha value is -1.68. The van der Waals surface area contributed by atoms with Gasteiger partial charge in [0.25, 0.3) is 0 Å². The molecule has 1 aromatic heterocycles. The Bertz CT molecular complexity index is 637. The minimum absolute atomic E-state index is 0.275. The van der Waals surface area contributed by atoms with Gasteiger partial charge in [-0.1, -0.05) is 12.1 Å². The van der Waals surface area contributed by atoms with Gasteiger partial charge in [0.2, 0.25) is 0 Å². The average molecular weight is 233 g/mol. The molecular weight excluding hydrogens is 222 g/mol. The molecule has 0 atom stereocenters. The van der Waals surface area contributed by atoms with Gasteiger partial charge in [-0.3, -0.25) is 0 Å². The summed E-state index contributed by atoms with van der Waals surface area (Å²) in [6, 6.07) is 7.92. The van der Waals surface area contributed by atoms with E-state index >= 15 is 0 Å². The molecule has 4 heteroatoms. The number of aromatic nitrogens is 1. The van der Waals surface area contributed by atoms with Gasteiger partial charge in [0, 0.05) is 4.90 Å². The van der Waals surface area contributed by atoms with Crippen LogP contribution in [0.2, 0.25) is 0 Å². The maximum atomic E-state index is 11.3. The summed E-state index contributed by atoms with van der Waals surface area (Å²) in [5.74, 6) is 0. The van der Waals surface area contributed by atoms with E-state index in [1.165, 1.54) is 4.90 Å². The van der Waals surface area contributed by atoms with Crippen molar-refractivity contribution < 1.29 is 4.42 Å².